The van der Waals surface area contributed by atoms with Crippen LogP contribution in [0, 0.1) is 11.7 Å². The summed E-state index contributed by atoms with van der Waals surface area (Å²) in [6.45, 7) is 1.18. The SMILES string of the molecule is O=C(O)c1ccc2nc3n(c2c1)C[C@H]1[C@@H]3[C@H](c2cccc(Cl)c2F)[C@]2(C(=O)Nc3cc(Cl)ccc32)N1CC1CC1. The fraction of sp³-hybridized carbons (Fsp3) is 0.300. The highest BCUT2D eigenvalue weighted by molar-refractivity contribution is 6.31. The van der Waals surface area contributed by atoms with Crippen molar-refractivity contribution < 1.29 is 19.1 Å². The van der Waals surface area contributed by atoms with Gasteiger partial charge in [-0.3, -0.25) is 9.69 Å². The number of fused-ring (bicyclic) bond motifs is 7. The van der Waals surface area contributed by atoms with Crippen molar-refractivity contribution in [1.29, 1.82) is 0 Å². The van der Waals surface area contributed by atoms with E-state index in [1.54, 1.807) is 42.5 Å². The Bertz CT molecular complexity index is 1790. The summed E-state index contributed by atoms with van der Waals surface area (Å²) in [5, 5.41) is 13.2. The fourth-order valence-electron chi connectivity index (χ4n) is 7.48. The molecule has 0 radical (unpaired) electrons. The van der Waals surface area contributed by atoms with E-state index in [-0.39, 0.29) is 28.5 Å². The average Bonchev–Trinajstić information content (AvgIpc) is 3.37. The van der Waals surface area contributed by atoms with Crippen molar-refractivity contribution >= 4 is 51.8 Å². The lowest BCUT2D eigenvalue weighted by Crippen LogP contribution is -2.53. The van der Waals surface area contributed by atoms with Crippen molar-refractivity contribution in [3.63, 3.8) is 0 Å². The quantitative estimate of drug-likeness (QED) is 0.311. The molecule has 3 aromatic carbocycles. The van der Waals surface area contributed by atoms with Crippen LogP contribution in [0.15, 0.2) is 54.6 Å². The van der Waals surface area contributed by atoms with E-state index in [0.29, 0.717) is 40.8 Å². The third-order valence-electron chi connectivity index (χ3n) is 9.22. The van der Waals surface area contributed by atoms with Crippen LogP contribution in [-0.4, -0.2) is 44.0 Å². The second-order valence-corrected chi connectivity index (χ2v) is 12.2. The number of benzene rings is 3. The summed E-state index contributed by atoms with van der Waals surface area (Å²) >= 11 is 12.7. The summed E-state index contributed by atoms with van der Waals surface area (Å²) in [5.74, 6) is -1.60. The first-order valence-electron chi connectivity index (χ1n) is 13.3. The van der Waals surface area contributed by atoms with E-state index in [1.165, 1.54) is 6.07 Å². The van der Waals surface area contributed by atoms with Gasteiger partial charge >= 0.3 is 5.97 Å². The number of rotatable bonds is 4. The number of anilines is 1. The van der Waals surface area contributed by atoms with Crippen LogP contribution in [0.3, 0.4) is 0 Å². The highest BCUT2D eigenvalue weighted by Crippen LogP contribution is 2.65. The minimum atomic E-state index is -1.20. The first kappa shape index (κ1) is 24.3. The Balaban J connectivity index is 1.42. The smallest absolute Gasteiger partial charge is 0.335 e. The van der Waals surface area contributed by atoms with Crippen LogP contribution in [0.25, 0.3) is 11.0 Å². The number of carbonyl (C=O) groups excluding carboxylic acids is 1. The molecule has 1 aliphatic carbocycles. The third-order valence-corrected chi connectivity index (χ3v) is 9.75. The number of nitrogens with one attached hydrogen (secondary N) is 1. The van der Waals surface area contributed by atoms with Crippen molar-refractivity contribution in [3.05, 3.63) is 93.0 Å². The number of amides is 1. The summed E-state index contributed by atoms with van der Waals surface area (Å²) in [5.41, 5.74) is 2.14. The Kier molecular flexibility index (Phi) is 5.04. The Morgan fingerprint density at radius 1 is 1.15 bits per heavy atom. The standard InChI is InChI=1S/C30H23Cl2FN4O3/c31-16-7-8-18-21(11-16)35-29(40)30(18)25(17-2-1-3-19(32)26(17)33)24-23(37(30)12-14-4-5-14)13-36-22-10-15(28(38)39)6-9-20(22)34-27(24)36/h1-3,6-11,14,23-25H,4-5,12-13H2,(H,35,40)(H,38,39)/t23-,24+,25-,30+/m0/s1. The van der Waals surface area contributed by atoms with Gasteiger partial charge in [-0.25, -0.2) is 14.2 Å². The maximum absolute atomic E-state index is 16.0. The van der Waals surface area contributed by atoms with Gasteiger partial charge in [-0.05, 0) is 60.7 Å². The molecule has 2 N–H and O–H groups in total. The van der Waals surface area contributed by atoms with E-state index in [1.807, 2.05) is 6.07 Å². The van der Waals surface area contributed by atoms with Crippen molar-refractivity contribution in [2.75, 3.05) is 11.9 Å². The lowest BCUT2D eigenvalue weighted by Gasteiger charge is -2.40. The van der Waals surface area contributed by atoms with Crippen LogP contribution in [0.5, 0.6) is 0 Å². The summed E-state index contributed by atoms with van der Waals surface area (Å²) in [7, 11) is 0. The van der Waals surface area contributed by atoms with Crippen molar-refractivity contribution in [1.82, 2.24) is 14.5 Å². The molecule has 4 aromatic rings. The zero-order valence-corrected chi connectivity index (χ0v) is 22.6. The zero-order valence-electron chi connectivity index (χ0n) is 21.1. The van der Waals surface area contributed by atoms with Gasteiger partial charge in [0, 0.05) is 47.2 Å². The fourth-order valence-corrected chi connectivity index (χ4v) is 7.83. The molecular formula is C30H23Cl2FN4O3. The van der Waals surface area contributed by atoms with Gasteiger partial charge in [0.1, 0.15) is 17.2 Å². The van der Waals surface area contributed by atoms with Gasteiger partial charge in [0.05, 0.1) is 21.6 Å². The molecule has 4 aliphatic rings. The number of aromatic carboxylic acids is 1. The minimum absolute atomic E-state index is 0.00261. The summed E-state index contributed by atoms with van der Waals surface area (Å²) in [6, 6.07) is 15.1. The summed E-state index contributed by atoms with van der Waals surface area (Å²) in [6.07, 6.45) is 2.15. The zero-order chi connectivity index (χ0) is 27.5. The number of likely N-dealkylation sites (tertiary alicyclic amines) is 1. The second-order valence-electron chi connectivity index (χ2n) is 11.3. The van der Waals surface area contributed by atoms with Gasteiger partial charge in [0.25, 0.3) is 0 Å². The normalized spacial score (nSPS) is 26.8. The number of hydrogen-bond donors (Lipinski definition) is 2. The molecular weight excluding hydrogens is 554 g/mol. The molecule has 1 saturated carbocycles. The molecule has 10 heteroatoms. The molecule has 202 valence electrons. The molecule has 1 spiro atoms. The van der Waals surface area contributed by atoms with Gasteiger partial charge in [-0.1, -0.05) is 41.4 Å². The van der Waals surface area contributed by atoms with Crippen LogP contribution >= 0.6 is 23.2 Å². The van der Waals surface area contributed by atoms with E-state index in [2.05, 4.69) is 14.8 Å². The first-order chi connectivity index (χ1) is 19.3. The molecule has 1 saturated heterocycles. The van der Waals surface area contributed by atoms with Crippen LogP contribution in [0.4, 0.5) is 10.1 Å². The minimum Gasteiger partial charge on any atom is -0.478 e. The van der Waals surface area contributed by atoms with E-state index >= 15 is 4.39 Å². The Morgan fingerprint density at radius 2 is 1.98 bits per heavy atom. The molecule has 4 heterocycles. The lowest BCUT2D eigenvalue weighted by atomic mass is 9.71. The van der Waals surface area contributed by atoms with Crippen molar-refractivity contribution in [2.24, 2.45) is 5.92 Å². The molecule has 7 nitrogen and oxygen atoms in total. The Labute approximate surface area is 238 Å². The van der Waals surface area contributed by atoms with E-state index < -0.39 is 23.2 Å². The van der Waals surface area contributed by atoms with Crippen molar-refractivity contribution in [2.45, 2.75) is 42.8 Å². The van der Waals surface area contributed by atoms with Crippen LogP contribution < -0.4 is 5.32 Å². The second kappa shape index (κ2) is 8.28. The summed E-state index contributed by atoms with van der Waals surface area (Å²) in [4.78, 5) is 33.4. The number of nitrogens with zero attached hydrogens (tertiary/aromatic N) is 3. The number of imidazole rings is 1. The largest absolute Gasteiger partial charge is 0.478 e. The molecule has 0 bridgehead atoms. The van der Waals surface area contributed by atoms with Gasteiger partial charge in [0.2, 0.25) is 5.91 Å². The molecule has 40 heavy (non-hydrogen) atoms. The molecule has 1 amide bonds. The molecule has 4 atom stereocenters. The van der Waals surface area contributed by atoms with E-state index in [9.17, 15) is 14.7 Å². The maximum atomic E-state index is 16.0. The molecule has 1 aromatic heterocycles. The highest BCUT2D eigenvalue weighted by atomic mass is 35.5. The average molecular weight is 577 g/mol. The molecule has 2 fully saturated rings. The summed E-state index contributed by atoms with van der Waals surface area (Å²) < 4.78 is 18.1. The molecule has 3 aliphatic heterocycles. The maximum Gasteiger partial charge on any atom is 0.335 e. The van der Waals surface area contributed by atoms with Gasteiger partial charge < -0.3 is 15.0 Å². The number of carboxylic acids is 1. The third kappa shape index (κ3) is 3.12. The molecule has 8 rings (SSSR count). The predicted octanol–water partition coefficient (Wildman–Crippen LogP) is 6.00. The Hall–Kier alpha value is -3.46. The van der Waals surface area contributed by atoms with Crippen LogP contribution in [0.1, 0.15) is 52.0 Å². The number of carboxylic acid groups (broad SMARTS) is 1. The topological polar surface area (TPSA) is 87.5 Å². The molecule has 0 unspecified atom stereocenters. The van der Waals surface area contributed by atoms with Crippen molar-refractivity contribution in [3.8, 4) is 0 Å². The van der Waals surface area contributed by atoms with Crippen LogP contribution in [-0.2, 0) is 16.9 Å². The predicted molar refractivity (Wildman–Crippen MR) is 149 cm³/mol. The number of halogens is 3. The number of hydrogen-bond acceptors (Lipinski definition) is 4. The van der Waals surface area contributed by atoms with Gasteiger partial charge in [-0.15, -0.1) is 0 Å². The lowest BCUT2D eigenvalue weighted by molar-refractivity contribution is -0.128. The first-order valence-corrected chi connectivity index (χ1v) is 14.1. The van der Waals surface area contributed by atoms with Gasteiger partial charge in [0.15, 0.2) is 0 Å². The van der Waals surface area contributed by atoms with E-state index in [4.69, 9.17) is 28.2 Å². The Morgan fingerprint density at radius 3 is 2.75 bits per heavy atom. The van der Waals surface area contributed by atoms with Crippen LogP contribution in [0.2, 0.25) is 10.0 Å². The monoisotopic (exact) mass is 576 g/mol. The van der Waals surface area contributed by atoms with Gasteiger partial charge in [-0.2, -0.15) is 0 Å². The van der Waals surface area contributed by atoms with E-state index in [0.717, 1.165) is 29.7 Å². The highest BCUT2D eigenvalue weighted by Gasteiger charge is 2.69. The number of aromatic nitrogens is 2. The number of carbonyl (C=O) groups is 2.